The fourth-order valence-electron chi connectivity index (χ4n) is 2.27. The number of benzene rings is 1. The Morgan fingerprint density at radius 2 is 1.85 bits per heavy atom. The quantitative estimate of drug-likeness (QED) is 0.413. The van der Waals surface area contributed by atoms with Crippen molar-refractivity contribution in [2.45, 2.75) is 19.9 Å². The van der Waals surface area contributed by atoms with Crippen molar-refractivity contribution in [3.63, 3.8) is 0 Å². The summed E-state index contributed by atoms with van der Waals surface area (Å²) in [5.41, 5.74) is 0.698. The molecule has 142 valence electrons. The van der Waals surface area contributed by atoms with Crippen LogP contribution in [0.5, 0.6) is 5.75 Å². The number of rotatable bonds is 5. The van der Waals surface area contributed by atoms with E-state index in [1.807, 2.05) is 0 Å². The number of hydrogen-bond acceptors (Lipinski definition) is 5. The first-order chi connectivity index (χ1) is 10.9. The average Bonchev–Trinajstić information content (AvgIpc) is 2.50. The van der Waals surface area contributed by atoms with Gasteiger partial charge in [0.15, 0.2) is 5.78 Å². The van der Waals surface area contributed by atoms with Gasteiger partial charge < -0.3 is 26.5 Å². The standard InChI is InChI=1S/C17H17ClN2O3.Mo.2O/c1-10(21)16(11(2)22)17(13-5-3-4-8-19-13)20-14-9-12(18)6-7-15(14)23;;;/h3-9,17,20-21,23H,1-2H3;;;/q;;2*-2/p-2/b16-10-;;;/t17-;;;/m0.../s1. The van der Waals surface area contributed by atoms with Crippen LogP contribution in [0.1, 0.15) is 25.6 Å². The van der Waals surface area contributed by atoms with E-state index in [4.69, 9.17) is 11.6 Å². The molecule has 1 N–H and O–H groups in total. The zero-order chi connectivity index (χ0) is 17.0. The maximum atomic E-state index is 12.0. The number of hydrogen-bond donors (Lipinski definition) is 1. The molecule has 0 aliphatic heterocycles. The third-order valence-corrected chi connectivity index (χ3v) is 3.51. The number of nitrogens with one attached hydrogen (secondary N) is 1. The number of carbonyl (C=O) groups excluding carboxylic acids is 1. The fraction of sp³-hybridized carbons (Fsp3) is 0.176. The van der Waals surface area contributed by atoms with Gasteiger partial charge in [-0.15, -0.1) is 5.76 Å². The smallest absolute Gasteiger partial charge is 0.157 e. The third kappa shape index (κ3) is 6.42. The molecule has 1 aromatic heterocycles. The molecule has 2 aromatic rings. The van der Waals surface area contributed by atoms with Crippen LogP contribution in [-0.4, -0.2) is 10.8 Å². The van der Waals surface area contributed by atoms with Gasteiger partial charge in [-0.3, -0.25) is 9.78 Å². The Morgan fingerprint density at radius 1 is 1.19 bits per heavy atom. The number of pyridine rings is 1. The SMILES string of the molecule is CC(=O)/C(=C(\C)[O-])[C@@H](Nc1cc(Cl)ccc1[O-])c1ccccn1.[Mo].[O-2].[O-2]. The van der Waals surface area contributed by atoms with E-state index < -0.39 is 6.04 Å². The first-order valence-corrected chi connectivity index (χ1v) is 7.30. The summed E-state index contributed by atoms with van der Waals surface area (Å²) in [5.74, 6) is -1.05. The van der Waals surface area contributed by atoms with E-state index in [1.54, 1.807) is 24.4 Å². The van der Waals surface area contributed by atoms with Gasteiger partial charge in [-0.2, -0.15) is 0 Å². The number of halogens is 1. The molecular formula is C17H15ClMoN2O5-6. The molecule has 1 atom stereocenters. The summed E-state index contributed by atoms with van der Waals surface area (Å²) < 4.78 is 0. The second-order valence-corrected chi connectivity index (χ2v) is 5.43. The monoisotopic (exact) mass is 460 g/mol. The number of Topliss-reactive ketones (excluding diaryl/α,β-unsaturated/α-hetero) is 1. The molecule has 1 aromatic carbocycles. The third-order valence-electron chi connectivity index (χ3n) is 3.27. The maximum absolute atomic E-state index is 12.0. The van der Waals surface area contributed by atoms with E-state index in [9.17, 15) is 15.0 Å². The zero-order valence-electron chi connectivity index (χ0n) is 13.9. The molecule has 0 saturated carbocycles. The van der Waals surface area contributed by atoms with Crippen molar-refractivity contribution in [2.75, 3.05) is 5.32 Å². The van der Waals surface area contributed by atoms with E-state index in [0.29, 0.717) is 10.7 Å². The van der Waals surface area contributed by atoms with Crippen molar-refractivity contribution < 1.29 is 47.0 Å². The number of ketones is 1. The minimum atomic E-state index is -0.822. The number of anilines is 1. The molecule has 9 heteroatoms. The molecular weight excluding hydrogens is 444 g/mol. The Balaban J connectivity index is 0. The summed E-state index contributed by atoms with van der Waals surface area (Å²) in [5, 5.41) is 27.2. The van der Waals surface area contributed by atoms with Crippen molar-refractivity contribution in [3.05, 3.63) is 64.6 Å². The fourth-order valence-corrected chi connectivity index (χ4v) is 2.44. The Hall–Kier alpha value is -1.92. The molecule has 0 aliphatic carbocycles. The van der Waals surface area contributed by atoms with Gasteiger partial charge in [0.05, 0.1) is 11.7 Å². The van der Waals surface area contributed by atoms with Gasteiger partial charge in [0.25, 0.3) is 0 Å². The maximum Gasteiger partial charge on any atom is 0.157 e. The number of aromatic nitrogens is 1. The largest absolute Gasteiger partial charge is 2.00 e. The van der Waals surface area contributed by atoms with Crippen LogP contribution in [0.15, 0.2) is 53.9 Å². The molecule has 0 aliphatic rings. The Labute approximate surface area is 170 Å². The molecule has 0 saturated heterocycles. The van der Waals surface area contributed by atoms with Crippen molar-refractivity contribution in [3.8, 4) is 5.75 Å². The zero-order valence-corrected chi connectivity index (χ0v) is 16.7. The van der Waals surface area contributed by atoms with Crippen molar-refractivity contribution in [1.82, 2.24) is 4.98 Å². The Kier molecular flexibility index (Phi) is 11.8. The second kappa shape index (κ2) is 11.6. The number of allylic oxidation sites excluding steroid dienone is 1. The van der Waals surface area contributed by atoms with E-state index in [2.05, 4.69) is 10.3 Å². The van der Waals surface area contributed by atoms with Gasteiger partial charge in [0, 0.05) is 43.5 Å². The van der Waals surface area contributed by atoms with E-state index >= 15 is 0 Å². The van der Waals surface area contributed by atoms with Gasteiger partial charge in [0.2, 0.25) is 0 Å². The normalized spacial score (nSPS) is 11.7. The van der Waals surface area contributed by atoms with Crippen LogP contribution in [0.3, 0.4) is 0 Å². The summed E-state index contributed by atoms with van der Waals surface area (Å²) in [4.78, 5) is 16.1. The molecule has 0 bridgehead atoms. The van der Waals surface area contributed by atoms with Crippen LogP contribution in [0.25, 0.3) is 0 Å². The van der Waals surface area contributed by atoms with Crippen LogP contribution in [0.4, 0.5) is 5.69 Å². The first kappa shape index (κ1) is 26.3. The van der Waals surface area contributed by atoms with Gasteiger partial charge in [-0.05, 0) is 31.2 Å². The predicted molar refractivity (Wildman–Crippen MR) is 86.3 cm³/mol. The average molecular weight is 459 g/mol. The summed E-state index contributed by atoms with van der Waals surface area (Å²) >= 11 is 5.92. The minimum absolute atomic E-state index is 0. The van der Waals surface area contributed by atoms with Crippen molar-refractivity contribution in [2.24, 2.45) is 0 Å². The molecule has 0 fully saturated rings. The van der Waals surface area contributed by atoms with Crippen molar-refractivity contribution in [1.29, 1.82) is 0 Å². The first-order valence-electron chi connectivity index (χ1n) is 6.93. The molecule has 26 heavy (non-hydrogen) atoms. The Bertz CT molecular complexity index is 752. The van der Waals surface area contributed by atoms with E-state index in [1.165, 1.54) is 32.0 Å². The second-order valence-electron chi connectivity index (χ2n) is 5.00. The van der Waals surface area contributed by atoms with Gasteiger partial charge in [0.1, 0.15) is 0 Å². The molecule has 0 unspecified atom stereocenters. The van der Waals surface area contributed by atoms with Gasteiger partial charge in [-0.25, -0.2) is 0 Å². The summed E-state index contributed by atoms with van der Waals surface area (Å²) in [7, 11) is 0. The summed E-state index contributed by atoms with van der Waals surface area (Å²) in [6.45, 7) is 2.62. The number of nitrogens with zero attached hydrogens (tertiary/aromatic N) is 1. The van der Waals surface area contributed by atoms with E-state index in [-0.39, 0.29) is 60.6 Å². The van der Waals surface area contributed by atoms with Crippen LogP contribution in [-0.2, 0) is 36.8 Å². The minimum Gasteiger partial charge on any atom is -2.00 e. The molecule has 7 nitrogen and oxygen atoms in total. The predicted octanol–water partition coefficient (Wildman–Crippen LogP) is 1.94. The molecule has 1 heterocycles. The molecule has 0 spiro atoms. The van der Waals surface area contributed by atoms with Gasteiger partial charge >= 0.3 is 0 Å². The van der Waals surface area contributed by atoms with Crippen molar-refractivity contribution >= 4 is 23.1 Å². The molecule has 0 radical (unpaired) electrons. The van der Waals surface area contributed by atoms with Crippen LogP contribution < -0.4 is 15.5 Å². The Morgan fingerprint density at radius 3 is 2.35 bits per heavy atom. The van der Waals surface area contributed by atoms with Crippen LogP contribution in [0.2, 0.25) is 5.02 Å². The molecule has 2 rings (SSSR count). The molecule has 0 amide bonds. The summed E-state index contributed by atoms with van der Waals surface area (Å²) in [6.07, 6.45) is 1.55. The van der Waals surface area contributed by atoms with Gasteiger partial charge in [-0.1, -0.05) is 36.4 Å². The van der Waals surface area contributed by atoms with Crippen LogP contribution in [0, 0.1) is 0 Å². The van der Waals surface area contributed by atoms with Crippen LogP contribution >= 0.6 is 11.6 Å². The topological polar surface area (TPSA) is 145 Å². The summed E-state index contributed by atoms with van der Waals surface area (Å²) in [6, 6.07) is 8.58. The number of carbonyl (C=O) groups is 1. The van der Waals surface area contributed by atoms with E-state index in [0.717, 1.165) is 0 Å².